The predicted octanol–water partition coefficient (Wildman–Crippen LogP) is 1.46. The molecule has 2 heterocycles. The molecule has 1 fully saturated rings. The van der Waals surface area contributed by atoms with Crippen molar-refractivity contribution < 1.29 is 14.3 Å². The molecule has 0 radical (unpaired) electrons. The Morgan fingerprint density at radius 2 is 2.00 bits per heavy atom. The molecule has 1 aliphatic rings. The van der Waals surface area contributed by atoms with Crippen LogP contribution in [0.15, 0.2) is 30.3 Å². The van der Waals surface area contributed by atoms with Crippen LogP contribution in [-0.4, -0.2) is 46.7 Å². The first-order valence-corrected chi connectivity index (χ1v) is 9.05. The van der Waals surface area contributed by atoms with E-state index in [-0.39, 0.29) is 11.8 Å². The van der Waals surface area contributed by atoms with E-state index in [2.05, 4.69) is 5.10 Å². The van der Waals surface area contributed by atoms with Gasteiger partial charge in [-0.15, -0.1) is 0 Å². The van der Waals surface area contributed by atoms with E-state index in [1.165, 1.54) is 0 Å². The fourth-order valence-electron chi connectivity index (χ4n) is 3.65. The number of rotatable bonds is 7. The molecule has 3 rings (SSSR count). The second kappa shape index (κ2) is 7.42. The minimum absolute atomic E-state index is 0.0186. The van der Waals surface area contributed by atoms with Crippen molar-refractivity contribution in [1.29, 1.82) is 0 Å². The van der Waals surface area contributed by atoms with Crippen molar-refractivity contribution in [3.05, 3.63) is 47.3 Å². The summed E-state index contributed by atoms with van der Waals surface area (Å²) < 4.78 is 7.08. The maximum Gasteiger partial charge on any atom is 0.227 e. The number of hydrogen-bond acceptors (Lipinski definition) is 4. The third kappa shape index (κ3) is 3.97. The summed E-state index contributed by atoms with van der Waals surface area (Å²) in [4.78, 5) is 26.3. The lowest BCUT2D eigenvalue weighted by atomic mass is 9.74. The number of nitrogens with two attached hydrogens (primary N) is 1. The smallest absolute Gasteiger partial charge is 0.227 e. The minimum Gasteiger partial charge on any atom is -0.497 e. The number of carbonyl (C=O) groups is 2. The van der Waals surface area contributed by atoms with Crippen molar-refractivity contribution in [3.8, 4) is 5.75 Å². The zero-order valence-corrected chi connectivity index (χ0v) is 16.1. The lowest BCUT2D eigenvalue weighted by Gasteiger charge is -2.48. The van der Waals surface area contributed by atoms with Crippen molar-refractivity contribution >= 4 is 11.8 Å². The SMILES string of the molecule is COc1cccc(CC2(C(N)=O)CN(C(=O)CCn3nc(C)cc3C)C2)c1. The number of benzene rings is 1. The second-order valence-corrected chi connectivity index (χ2v) is 7.32. The van der Waals surface area contributed by atoms with Crippen LogP contribution in [0.4, 0.5) is 0 Å². The van der Waals surface area contributed by atoms with Gasteiger partial charge in [0.25, 0.3) is 0 Å². The van der Waals surface area contributed by atoms with Crippen LogP contribution in [0.3, 0.4) is 0 Å². The van der Waals surface area contributed by atoms with Gasteiger partial charge < -0.3 is 15.4 Å². The summed E-state index contributed by atoms with van der Waals surface area (Å²) in [6.45, 7) is 5.15. The van der Waals surface area contributed by atoms with Gasteiger partial charge in [-0.25, -0.2) is 0 Å². The van der Waals surface area contributed by atoms with Crippen LogP contribution in [0.25, 0.3) is 0 Å². The number of methoxy groups -OCH3 is 1. The normalized spacial score (nSPS) is 15.3. The zero-order chi connectivity index (χ0) is 19.6. The minimum atomic E-state index is -0.708. The molecule has 1 saturated heterocycles. The zero-order valence-electron chi connectivity index (χ0n) is 16.1. The fourth-order valence-corrected chi connectivity index (χ4v) is 3.65. The molecule has 2 N–H and O–H groups in total. The number of primary amides is 1. The van der Waals surface area contributed by atoms with E-state index in [1.54, 1.807) is 12.0 Å². The molecular weight excluding hydrogens is 344 g/mol. The summed E-state index contributed by atoms with van der Waals surface area (Å²) in [5.74, 6) is 0.391. The van der Waals surface area contributed by atoms with Gasteiger partial charge in [0, 0.05) is 31.7 Å². The van der Waals surface area contributed by atoms with Crippen LogP contribution in [0.5, 0.6) is 5.75 Å². The van der Waals surface area contributed by atoms with Gasteiger partial charge >= 0.3 is 0 Å². The molecule has 0 aliphatic carbocycles. The van der Waals surface area contributed by atoms with Gasteiger partial charge in [0.15, 0.2) is 0 Å². The van der Waals surface area contributed by atoms with E-state index in [9.17, 15) is 9.59 Å². The van der Waals surface area contributed by atoms with Crippen molar-refractivity contribution in [3.63, 3.8) is 0 Å². The number of carbonyl (C=O) groups excluding carboxylic acids is 2. The molecule has 1 aromatic carbocycles. The summed E-state index contributed by atoms with van der Waals surface area (Å²) in [6, 6.07) is 9.58. The fraction of sp³-hybridized carbons (Fsp3) is 0.450. The summed E-state index contributed by atoms with van der Waals surface area (Å²) in [5.41, 5.74) is 7.92. The number of likely N-dealkylation sites (tertiary alicyclic amines) is 1. The molecule has 1 aromatic heterocycles. The summed E-state index contributed by atoms with van der Waals surface area (Å²) in [6.07, 6.45) is 0.858. The molecule has 144 valence electrons. The number of nitrogens with zero attached hydrogens (tertiary/aromatic N) is 3. The van der Waals surface area contributed by atoms with Gasteiger partial charge in [-0.05, 0) is 44.0 Å². The molecule has 0 spiro atoms. The van der Waals surface area contributed by atoms with Gasteiger partial charge in [-0.3, -0.25) is 14.3 Å². The highest BCUT2D eigenvalue weighted by Gasteiger charge is 2.49. The topological polar surface area (TPSA) is 90.5 Å². The highest BCUT2D eigenvalue weighted by atomic mass is 16.5. The Morgan fingerprint density at radius 1 is 1.26 bits per heavy atom. The lowest BCUT2D eigenvalue weighted by Crippen LogP contribution is -2.65. The number of aryl methyl sites for hydroxylation is 3. The van der Waals surface area contributed by atoms with Gasteiger partial charge in [-0.1, -0.05) is 12.1 Å². The molecule has 7 heteroatoms. The Morgan fingerprint density at radius 3 is 2.59 bits per heavy atom. The molecule has 0 bridgehead atoms. The maximum atomic E-state index is 12.5. The standard InChI is InChI=1S/C20H26N4O3/c1-14-9-15(2)24(22-14)8-7-18(25)23-12-20(13-23,19(21)26)11-16-5-4-6-17(10-16)27-3/h4-6,9-10H,7-8,11-13H2,1-3H3,(H2,21,26). The molecule has 0 saturated carbocycles. The van der Waals surface area contributed by atoms with E-state index < -0.39 is 5.41 Å². The van der Waals surface area contributed by atoms with E-state index in [1.807, 2.05) is 48.9 Å². The lowest BCUT2D eigenvalue weighted by molar-refractivity contribution is -0.152. The quantitative estimate of drug-likeness (QED) is 0.799. The van der Waals surface area contributed by atoms with Gasteiger partial charge in [0.2, 0.25) is 11.8 Å². The molecule has 1 aliphatic heterocycles. The Hall–Kier alpha value is -2.83. The Kier molecular flexibility index (Phi) is 5.21. The summed E-state index contributed by atoms with van der Waals surface area (Å²) in [5, 5.41) is 4.37. The highest BCUT2D eigenvalue weighted by molar-refractivity contribution is 5.87. The molecule has 2 aromatic rings. The van der Waals surface area contributed by atoms with Crippen LogP contribution in [0.2, 0.25) is 0 Å². The Labute approximate surface area is 159 Å². The van der Waals surface area contributed by atoms with Crippen LogP contribution in [0, 0.1) is 19.3 Å². The van der Waals surface area contributed by atoms with E-state index in [0.717, 1.165) is 22.7 Å². The molecule has 2 amide bonds. The first-order chi connectivity index (χ1) is 12.8. The van der Waals surface area contributed by atoms with E-state index in [4.69, 9.17) is 10.5 Å². The van der Waals surface area contributed by atoms with E-state index in [0.29, 0.717) is 32.5 Å². The molecule has 7 nitrogen and oxygen atoms in total. The predicted molar refractivity (Wildman–Crippen MR) is 101 cm³/mol. The maximum absolute atomic E-state index is 12.5. The van der Waals surface area contributed by atoms with Gasteiger partial charge in [0.05, 0.1) is 18.2 Å². The van der Waals surface area contributed by atoms with Crippen molar-refractivity contribution in [2.45, 2.75) is 33.2 Å². The third-order valence-corrected chi connectivity index (χ3v) is 5.18. The average Bonchev–Trinajstić information content (AvgIpc) is 2.92. The molecule has 0 unspecified atom stereocenters. The van der Waals surface area contributed by atoms with Crippen molar-refractivity contribution in [2.24, 2.45) is 11.1 Å². The largest absolute Gasteiger partial charge is 0.497 e. The van der Waals surface area contributed by atoms with E-state index >= 15 is 0 Å². The Balaban J connectivity index is 1.60. The number of amides is 2. The highest BCUT2D eigenvalue weighted by Crippen LogP contribution is 2.35. The first kappa shape index (κ1) is 18.9. The first-order valence-electron chi connectivity index (χ1n) is 9.05. The Bertz CT molecular complexity index is 853. The van der Waals surface area contributed by atoms with Crippen LogP contribution in [0.1, 0.15) is 23.4 Å². The van der Waals surface area contributed by atoms with Gasteiger partial charge in [-0.2, -0.15) is 5.10 Å². The number of hydrogen-bond donors (Lipinski definition) is 1. The monoisotopic (exact) mass is 370 g/mol. The van der Waals surface area contributed by atoms with Crippen LogP contribution >= 0.6 is 0 Å². The van der Waals surface area contributed by atoms with Gasteiger partial charge in [0.1, 0.15) is 5.75 Å². The molecular formula is C20H26N4O3. The number of aromatic nitrogens is 2. The molecule has 0 atom stereocenters. The number of ether oxygens (including phenoxy) is 1. The van der Waals surface area contributed by atoms with Crippen molar-refractivity contribution in [1.82, 2.24) is 14.7 Å². The second-order valence-electron chi connectivity index (χ2n) is 7.32. The van der Waals surface area contributed by atoms with Crippen LogP contribution in [-0.2, 0) is 22.6 Å². The van der Waals surface area contributed by atoms with Crippen LogP contribution < -0.4 is 10.5 Å². The average molecular weight is 370 g/mol. The summed E-state index contributed by atoms with van der Waals surface area (Å²) >= 11 is 0. The third-order valence-electron chi connectivity index (χ3n) is 5.18. The summed E-state index contributed by atoms with van der Waals surface area (Å²) in [7, 11) is 1.61. The van der Waals surface area contributed by atoms with Crippen molar-refractivity contribution in [2.75, 3.05) is 20.2 Å². The molecule has 27 heavy (non-hydrogen) atoms.